The molecule has 0 spiro atoms. The second-order valence-electron chi connectivity index (χ2n) is 4.95. The number of rotatable bonds is 5. The minimum Gasteiger partial charge on any atom is -0.383 e. The Balaban J connectivity index is 1.96. The zero-order valence-electron chi connectivity index (χ0n) is 12.0. The van der Waals surface area contributed by atoms with Crippen LogP contribution in [0.5, 0.6) is 0 Å². The van der Waals surface area contributed by atoms with E-state index in [-0.39, 0.29) is 12.1 Å². The lowest BCUT2D eigenvalue weighted by molar-refractivity contribution is 0.164. The largest absolute Gasteiger partial charge is 0.383 e. The van der Waals surface area contributed by atoms with Gasteiger partial charge in [0, 0.05) is 24.7 Å². The van der Waals surface area contributed by atoms with Gasteiger partial charge in [-0.1, -0.05) is 6.07 Å². The summed E-state index contributed by atoms with van der Waals surface area (Å²) in [7, 11) is 1.71. The molecule has 22 heavy (non-hydrogen) atoms. The van der Waals surface area contributed by atoms with Crippen molar-refractivity contribution in [2.24, 2.45) is 0 Å². The first-order valence-electron chi connectivity index (χ1n) is 6.93. The number of aromatic nitrogens is 1. The van der Waals surface area contributed by atoms with E-state index in [0.29, 0.717) is 6.61 Å². The maximum Gasteiger partial charge on any atom is 0.170 e. The van der Waals surface area contributed by atoms with Gasteiger partial charge < -0.3 is 15.0 Å². The number of hydrogen-bond acceptors (Lipinski definition) is 4. The lowest BCUT2D eigenvalue weighted by atomic mass is 10.0. The Bertz CT molecular complexity index is 649. The molecule has 3 rings (SSSR count). The maximum absolute atomic E-state index is 5.54. The molecule has 2 aromatic heterocycles. The highest BCUT2D eigenvalue weighted by Gasteiger charge is 2.40. The van der Waals surface area contributed by atoms with Gasteiger partial charge in [0.25, 0.3) is 0 Å². The third-order valence-corrected chi connectivity index (χ3v) is 5.67. The van der Waals surface area contributed by atoms with E-state index in [2.05, 4.69) is 43.3 Å². The summed E-state index contributed by atoms with van der Waals surface area (Å²) >= 11 is 10.8. The Morgan fingerprint density at radius 3 is 2.91 bits per heavy atom. The van der Waals surface area contributed by atoms with E-state index in [1.165, 1.54) is 4.88 Å². The number of thiocarbonyl (C=S) groups is 1. The summed E-state index contributed by atoms with van der Waals surface area (Å²) in [6, 6.07) is 10.4. The summed E-state index contributed by atoms with van der Waals surface area (Å²) in [6.07, 6.45) is 1.82. The van der Waals surface area contributed by atoms with Gasteiger partial charge in [0.1, 0.15) is 0 Å². The van der Waals surface area contributed by atoms with Crippen LogP contribution in [-0.2, 0) is 4.74 Å². The van der Waals surface area contributed by atoms with Crippen LogP contribution in [0.1, 0.15) is 22.7 Å². The van der Waals surface area contributed by atoms with E-state index in [1.807, 2.05) is 24.4 Å². The van der Waals surface area contributed by atoms with Crippen LogP contribution in [0.3, 0.4) is 0 Å². The highest BCUT2D eigenvalue weighted by Crippen LogP contribution is 2.41. The number of hydrogen-bond donors (Lipinski definition) is 1. The SMILES string of the molecule is COCCN1C(=S)N[C@@H](c2ccccn2)[C@H]1c1ccc(Br)s1. The molecule has 116 valence electrons. The molecule has 0 radical (unpaired) electrons. The van der Waals surface area contributed by atoms with Crippen LogP contribution in [0, 0.1) is 0 Å². The van der Waals surface area contributed by atoms with Crippen LogP contribution in [-0.4, -0.2) is 35.3 Å². The van der Waals surface area contributed by atoms with Crippen LogP contribution in [0.15, 0.2) is 40.3 Å². The number of ether oxygens (including phenoxy) is 1. The molecule has 1 saturated heterocycles. The summed E-state index contributed by atoms with van der Waals surface area (Å²) in [5, 5.41) is 4.17. The fourth-order valence-corrected chi connectivity index (χ4v) is 4.54. The third kappa shape index (κ3) is 3.17. The molecular weight excluding hydrogens is 382 g/mol. The summed E-state index contributed by atoms with van der Waals surface area (Å²) in [4.78, 5) is 7.95. The van der Waals surface area contributed by atoms with Gasteiger partial charge in [0.2, 0.25) is 0 Å². The smallest absolute Gasteiger partial charge is 0.170 e. The Hall–Kier alpha value is -1.02. The van der Waals surface area contributed by atoms with Gasteiger partial charge >= 0.3 is 0 Å². The first-order valence-corrected chi connectivity index (χ1v) is 8.94. The van der Waals surface area contributed by atoms with E-state index in [1.54, 1.807) is 18.4 Å². The van der Waals surface area contributed by atoms with Crippen molar-refractivity contribution in [3.63, 3.8) is 0 Å². The highest BCUT2D eigenvalue weighted by molar-refractivity contribution is 9.11. The van der Waals surface area contributed by atoms with E-state index < -0.39 is 0 Å². The van der Waals surface area contributed by atoms with E-state index in [9.17, 15) is 0 Å². The van der Waals surface area contributed by atoms with Crippen molar-refractivity contribution < 1.29 is 4.74 Å². The molecule has 7 heteroatoms. The molecule has 0 bridgehead atoms. The van der Waals surface area contributed by atoms with E-state index >= 15 is 0 Å². The van der Waals surface area contributed by atoms with Crippen LogP contribution >= 0.6 is 39.5 Å². The third-order valence-electron chi connectivity index (χ3n) is 3.62. The molecular formula is C15H16BrN3OS2. The first-order chi connectivity index (χ1) is 10.7. The van der Waals surface area contributed by atoms with Crippen molar-refractivity contribution in [2.75, 3.05) is 20.3 Å². The number of thiophene rings is 1. The molecule has 1 aliphatic rings. The minimum absolute atomic E-state index is 0.0520. The molecule has 3 heterocycles. The van der Waals surface area contributed by atoms with Gasteiger partial charge in [-0.15, -0.1) is 11.3 Å². The molecule has 0 unspecified atom stereocenters. The second kappa shape index (κ2) is 7.04. The predicted octanol–water partition coefficient (Wildman–Crippen LogP) is 3.52. The van der Waals surface area contributed by atoms with Crippen molar-refractivity contribution in [1.29, 1.82) is 0 Å². The summed E-state index contributed by atoms with van der Waals surface area (Å²) in [6.45, 7) is 1.39. The Morgan fingerprint density at radius 2 is 2.27 bits per heavy atom. The Labute approximate surface area is 147 Å². The standard InChI is InChI=1S/C15H16BrN3OS2/c1-20-9-8-19-14(11-5-6-12(16)22-11)13(18-15(19)21)10-4-2-3-7-17-10/h2-7,13-14H,8-9H2,1H3,(H,18,21)/t13-,14+/m0/s1. The number of methoxy groups -OCH3 is 1. The average Bonchev–Trinajstić information content (AvgIpc) is 3.09. The van der Waals surface area contributed by atoms with Crippen LogP contribution in [0.25, 0.3) is 0 Å². The fraction of sp³-hybridized carbons (Fsp3) is 0.333. The molecule has 0 saturated carbocycles. The molecule has 2 atom stereocenters. The number of nitrogens with one attached hydrogen (secondary N) is 1. The maximum atomic E-state index is 5.54. The molecule has 0 aromatic carbocycles. The van der Waals surface area contributed by atoms with Gasteiger partial charge in [-0.2, -0.15) is 0 Å². The molecule has 1 fully saturated rings. The second-order valence-corrected chi connectivity index (χ2v) is 7.84. The van der Waals surface area contributed by atoms with Gasteiger partial charge in [0.15, 0.2) is 5.11 Å². The molecule has 0 amide bonds. The lowest BCUT2D eigenvalue weighted by Crippen LogP contribution is -2.32. The lowest BCUT2D eigenvalue weighted by Gasteiger charge is -2.26. The molecule has 2 aromatic rings. The minimum atomic E-state index is 0.0520. The number of halogens is 1. The van der Waals surface area contributed by atoms with Crippen molar-refractivity contribution in [1.82, 2.24) is 15.2 Å². The van der Waals surface area contributed by atoms with Crippen LogP contribution < -0.4 is 5.32 Å². The van der Waals surface area contributed by atoms with Gasteiger partial charge in [-0.3, -0.25) is 4.98 Å². The van der Waals surface area contributed by atoms with Gasteiger partial charge in [0.05, 0.1) is 28.2 Å². The molecule has 4 nitrogen and oxygen atoms in total. The molecule has 1 aliphatic heterocycles. The highest BCUT2D eigenvalue weighted by atomic mass is 79.9. The predicted molar refractivity (Wildman–Crippen MR) is 96.1 cm³/mol. The zero-order chi connectivity index (χ0) is 15.5. The normalized spacial score (nSPS) is 21.2. The fourth-order valence-electron chi connectivity index (χ4n) is 2.63. The Kier molecular flexibility index (Phi) is 5.07. The van der Waals surface area contributed by atoms with E-state index in [0.717, 1.165) is 21.1 Å². The summed E-state index contributed by atoms with van der Waals surface area (Å²) in [5.41, 5.74) is 0.999. The van der Waals surface area contributed by atoms with Gasteiger partial charge in [-0.25, -0.2) is 0 Å². The van der Waals surface area contributed by atoms with Crippen molar-refractivity contribution in [3.05, 3.63) is 50.9 Å². The zero-order valence-corrected chi connectivity index (χ0v) is 15.2. The average molecular weight is 398 g/mol. The quantitative estimate of drug-likeness (QED) is 0.781. The molecule has 0 aliphatic carbocycles. The number of nitrogens with zero attached hydrogens (tertiary/aromatic N) is 2. The van der Waals surface area contributed by atoms with Crippen molar-refractivity contribution in [3.8, 4) is 0 Å². The summed E-state index contributed by atoms with van der Waals surface area (Å²) < 4.78 is 6.35. The van der Waals surface area contributed by atoms with Gasteiger partial charge in [-0.05, 0) is 52.4 Å². The number of pyridine rings is 1. The van der Waals surface area contributed by atoms with E-state index in [4.69, 9.17) is 17.0 Å². The molecule has 1 N–H and O–H groups in total. The van der Waals surface area contributed by atoms with Crippen molar-refractivity contribution >= 4 is 44.6 Å². The van der Waals surface area contributed by atoms with Crippen molar-refractivity contribution in [2.45, 2.75) is 12.1 Å². The van der Waals surface area contributed by atoms with Crippen LogP contribution in [0.2, 0.25) is 0 Å². The first kappa shape index (κ1) is 15.9. The Morgan fingerprint density at radius 1 is 1.41 bits per heavy atom. The topological polar surface area (TPSA) is 37.4 Å². The summed E-state index contributed by atoms with van der Waals surface area (Å²) in [5.74, 6) is 0. The van der Waals surface area contributed by atoms with Crippen LogP contribution in [0.4, 0.5) is 0 Å². The monoisotopic (exact) mass is 397 g/mol.